The van der Waals surface area contributed by atoms with Crippen LogP contribution in [0.2, 0.25) is 0 Å². The molecule has 2 amide bonds. The summed E-state index contributed by atoms with van der Waals surface area (Å²) in [6.07, 6.45) is 3.14. The molecule has 0 saturated carbocycles. The predicted octanol–water partition coefficient (Wildman–Crippen LogP) is 4.07. The van der Waals surface area contributed by atoms with E-state index < -0.39 is 17.7 Å². The van der Waals surface area contributed by atoms with Crippen LogP contribution in [-0.4, -0.2) is 24.9 Å². The molecule has 1 atom stereocenters. The highest BCUT2D eigenvalue weighted by atomic mass is 19.4. The number of nitrogens with zero attached hydrogens (tertiary/aromatic N) is 1. The molecule has 0 aromatic heterocycles. The molecule has 1 fully saturated rings. The van der Waals surface area contributed by atoms with E-state index in [9.17, 15) is 22.8 Å². The Balaban J connectivity index is 1.56. The van der Waals surface area contributed by atoms with Crippen LogP contribution in [-0.2, 0) is 15.8 Å². The maximum atomic E-state index is 12.9. The van der Waals surface area contributed by atoms with E-state index in [-0.39, 0.29) is 30.5 Å². The molecule has 1 aromatic rings. The van der Waals surface area contributed by atoms with Gasteiger partial charge in [0.15, 0.2) is 0 Å². The van der Waals surface area contributed by atoms with Crippen LogP contribution in [0.1, 0.15) is 44.1 Å². The molecule has 1 aliphatic heterocycles. The van der Waals surface area contributed by atoms with Gasteiger partial charge in [0.1, 0.15) is 0 Å². The van der Waals surface area contributed by atoms with E-state index in [4.69, 9.17) is 0 Å². The van der Waals surface area contributed by atoms with Crippen LogP contribution in [0.15, 0.2) is 35.9 Å². The van der Waals surface area contributed by atoms with E-state index >= 15 is 0 Å². The van der Waals surface area contributed by atoms with Gasteiger partial charge in [-0.05, 0) is 50.3 Å². The molecule has 146 valence electrons. The van der Waals surface area contributed by atoms with Crippen molar-refractivity contribution in [3.63, 3.8) is 0 Å². The zero-order valence-electron chi connectivity index (χ0n) is 15.0. The largest absolute Gasteiger partial charge is 0.416 e. The minimum atomic E-state index is -4.47. The van der Waals surface area contributed by atoms with Crippen molar-refractivity contribution in [2.75, 3.05) is 18.0 Å². The fraction of sp³-hybridized carbons (Fsp3) is 0.500. The Hall–Kier alpha value is -2.31. The maximum absolute atomic E-state index is 12.9. The molecule has 2 aliphatic rings. The summed E-state index contributed by atoms with van der Waals surface area (Å²) in [5, 5.41) is 2.86. The van der Waals surface area contributed by atoms with E-state index in [1.807, 2.05) is 0 Å². The van der Waals surface area contributed by atoms with Crippen LogP contribution in [0, 0.1) is 5.92 Å². The molecule has 0 bridgehead atoms. The van der Waals surface area contributed by atoms with E-state index in [0.717, 1.165) is 31.4 Å². The van der Waals surface area contributed by atoms with Crippen LogP contribution in [0.25, 0.3) is 0 Å². The quantitative estimate of drug-likeness (QED) is 0.783. The average molecular weight is 380 g/mol. The highest BCUT2D eigenvalue weighted by molar-refractivity contribution is 6.00. The molecule has 1 heterocycles. The van der Waals surface area contributed by atoms with Gasteiger partial charge >= 0.3 is 6.18 Å². The third kappa shape index (κ3) is 4.90. The number of nitrogens with one attached hydrogen (secondary N) is 1. The standard InChI is InChI=1S/C20H23F3N2O2/c21-20(22,23)16-7-4-8-17(12-16)25-13-15(11-18(25)26)19(27)24-10-9-14-5-2-1-3-6-14/h4-5,7-8,12,15H,1-3,6,9-11,13H2,(H,24,27). The molecular weight excluding hydrogens is 357 g/mol. The van der Waals surface area contributed by atoms with E-state index in [0.29, 0.717) is 6.54 Å². The van der Waals surface area contributed by atoms with Crippen molar-refractivity contribution in [3.05, 3.63) is 41.5 Å². The third-order valence-electron chi connectivity index (χ3n) is 5.11. The highest BCUT2D eigenvalue weighted by Crippen LogP contribution is 2.33. The second-order valence-corrected chi connectivity index (χ2v) is 7.10. The normalized spacial score (nSPS) is 20.6. The molecule has 7 heteroatoms. The summed E-state index contributed by atoms with van der Waals surface area (Å²) in [7, 11) is 0. The van der Waals surface area contributed by atoms with Crippen molar-refractivity contribution in [2.45, 2.75) is 44.7 Å². The fourth-order valence-electron chi connectivity index (χ4n) is 3.61. The summed E-state index contributed by atoms with van der Waals surface area (Å²) >= 11 is 0. The minimum absolute atomic E-state index is 0.0186. The molecule has 0 spiro atoms. The van der Waals surface area contributed by atoms with Gasteiger partial charge in [0.05, 0.1) is 11.5 Å². The van der Waals surface area contributed by atoms with Gasteiger partial charge in [-0.15, -0.1) is 0 Å². The Morgan fingerprint density at radius 2 is 2.07 bits per heavy atom. The molecule has 1 saturated heterocycles. The Morgan fingerprint density at radius 3 is 2.78 bits per heavy atom. The summed E-state index contributed by atoms with van der Waals surface area (Å²) < 4.78 is 38.6. The molecule has 27 heavy (non-hydrogen) atoms. The first-order valence-corrected chi connectivity index (χ1v) is 9.28. The number of hydrogen-bond donors (Lipinski definition) is 1. The molecule has 1 N–H and O–H groups in total. The van der Waals surface area contributed by atoms with Crippen LogP contribution < -0.4 is 10.2 Å². The van der Waals surface area contributed by atoms with E-state index in [1.165, 1.54) is 35.4 Å². The lowest BCUT2D eigenvalue weighted by Crippen LogP contribution is -2.33. The lowest BCUT2D eigenvalue weighted by atomic mass is 9.97. The van der Waals surface area contributed by atoms with E-state index in [1.54, 1.807) is 0 Å². The number of halogens is 3. The zero-order chi connectivity index (χ0) is 19.4. The van der Waals surface area contributed by atoms with Gasteiger partial charge < -0.3 is 10.2 Å². The van der Waals surface area contributed by atoms with Gasteiger partial charge in [0.25, 0.3) is 0 Å². The van der Waals surface area contributed by atoms with Crippen molar-refractivity contribution in [1.82, 2.24) is 5.32 Å². The summed E-state index contributed by atoms with van der Waals surface area (Å²) in [6.45, 7) is 0.633. The van der Waals surface area contributed by atoms with Crippen molar-refractivity contribution in [3.8, 4) is 0 Å². The number of amides is 2. The summed E-state index contributed by atoms with van der Waals surface area (Å²) in [5.74, 6) is -1.08. The lowest BCUT2D eigenvalue weighted by Gasteiger charge is -2.18. The zero-order valence-corrected chi connectivity index (χ0v) is 15.0. The minimum Gasteiger partial charge on any atom is -0.355 e. The van der Waals surface area contributed by atoms with Gasteiger partial charge in [0.2, 0.25) is 11.8 Å². The second kappa shape index (κ2) is 8.15. The summed E-state index contributed by atoms with van der Waals surface area (Å²) in [4.78, 5) is 25.8. The Morgan fingerprint density at radius 1 is 1.26 bits per heavy atom. The van der Waals surface area contributed by atoms with Crippen LogP contribution >= 0.6 is 0 Å². The number of carbonyl (C=O) groups excluding carboxylic acids is 2. The Kier molecular flexibility index (Phi) is 5.87. The molecule has 4 nitrogen and oxygen atoms in total. The summed E-state index contributed by atoms with van der Waals surface area (Å²) in [6, 6.07) is 4.65. The number of allylic oxidation sites excluding steroid dienone is 1. The smallest absolute Gasteiger partial charge is 0.355 e. The fourth-order valence-corrected chi connectivity index (χ4v) is 3.61. The van der Waals surface area contributed by atoms with E-state index in [2.05, 4.69) is 11.4 Å². The SMILES string of the molecule is O=C(NCCC1=CCCCC1)C1CC(=O)N(c2cccc(C(F)(F)F)c2)C1. The van der Waals surface area contributed by atoms with Crippen molar-refractivity contribution in [2.24, 2.45) is 5.92 Å². The van der Waals surface area contributed by atoms with Gasteiger partial charge in [-0.3, -0.25) is 9.59 Å². The monoisotopic (exact) mass is 380 g/mol. The van der Waals surface area contributed by atoms with Gasteiger partial charge in [-0.25, -0.2) is 0 Å². The van der Waals surface area contributed by atoms with Gasteiger partial charge in [-0.2, -0.15) is 13.2 Å². The second-order valence-electron chi connectivity index (χ2n) is 7.10. The van der Waals surface area contributed by atoms with Crippen LogP contribution in [0.5, 0.6) is 0 Å². The highest BCUT2D eigenvalue weighted by Gasteiger charge is 2.36. The Labute approximate surface area is 156 Å². The van der Waals surface area contributed by atoms with Crippen LogP contribution in [0.3, 0.4) is 0 Å². The number of hydrogen-bond acceptors (Lipinski definition) is 2. The topological polar surface area (TPSA) is 49.4 Å². The number of benzene rings is 1. The average Bonchev–Trinajstić information content (AvgIpc) is 3.04. The number of carbonyl (C=O) groups is 2. The first-order chi connectivity index (χ1) is 12.8. The number of anilines is 1. The molecule has 0 radical (unpaired) electrons. The van der Waals surface area contributed by atoms with Crippen LogP contribution in [0.4, 0.5) is 18.9 Å². The van der Waals surface area contributed by atoms with Crippen molar-refractivity contribution < 1.29 is 22.8 Å². The predicted molar refractivity (Wildman–Crippen MR) is 96.1 cm³/mol. The summed E-state index contributed by atoms with van der Waals surface area (Å²) in [5.41, 5.74) is 0.730. The van der Waals surface area contributed by atoms with Crippen molar-refractivity contribution >= 4 is 17.5 Å². The Bertz CT molecular complexity index is 743. The lowest BCUT2D eigenvalue weighted by molar-refractivity contribution is -0.137. The molecule has 3 rings (SSSR count). The van der Waals surface area contributed by atoms with Crippen molar-refractivity contribution in [1.29, 1.82) is 0 Å². The third-order valence-corrected chi connectivity index (χ3v) is 5.11. The molecule has 1 unspecified atom stereocenters. The molecular formula is C20H23F3N2O2. The first kappa shape index (κ1) is 19.5. The number of alkyl halides is 3. The first-order valence-electron chi connectivity index (χ1n) is 9.28. The number of rotatable bonds is 5. The van der Waals surface area contributed by atoms with Gasteiger partial charge in [0, 0.05) is 25.2 Å². The van der Waals surface area contributed by atoms with Gasteiger partial charge in [-0.1, -0.05) is 17.7 Å². The maximum Gasteiger partial charge on any atom is 0.416 e. The molecule has 1 aliphatic carbocycles. The molecule has 1 aromatic carbocycles.